The van der Waals surface area contributed by atoms with E-state index in [4.69, 9.17) is 0 Å². The Morgan fingerprint density at radius 3 is 2.50 bits per heavy atom. The van der Waals surface area contributed by atoms with Crippen molar-refractivity contribution in [3.63, 3.8) is 0 Å². The summed E-state index contributed by atoms with van der Waals surface area (Å²) in [7, 11) is 0. The molecule has 1 aromatic rings. The molecule has 1 fully saturated rings. The number of halogens is 1. The van der Waals surface area contributed by atoms with Crippen LogP contribution in [0.1, 0.15) is 13.8 Å². The van der Waals surface area contributed by atoms with Crippen LogP contribution in [0.4, 0.5) is 5.69 Å². The van der Waals surface area contributed by atoms with E-state index in [1.807, 2.05) is 20.0 Å². The predicted molar refractivity (Wildman–Crippen MR) is 76.9 cm³/mol. The first-order chi connectivity index (χ1) is 8.44. The van der Waals surface area contributed by atoms with Gasteiger partial charge < -0.3 is 10.0 Å². The molecule has 0 aromatic carbocycles. The van der Waals surface area contributed by atoms with Crippen molar-refractivity contribution in [1.29, 1.82) is 0 Å². The first kappa shape index (κ1) is 13.8. The molecule has 2 heterocycles. The molecule has 0 aliphatic carbocycles. The normalized spacial score (nSPS) is 18.1. The largest absolute Gasteiger partial charge is 0.389 e. The van der Waals surface area contributed by atoms with Crippen molar-refractivity contribution >= 4 is 21.6 Å². The minimum atomic E-state index is -0.612. The van der Waals surface area contributed by atoms with Gasteiger partial charge in [0.2, 0.25) is 0 Å². The van der Waals surface area contributed by atoms with Crippen molar-refractivity contribution in [2.45, 2.75) is 19.4 Å². The number of aromatic nitrogens is 1. The van der Waals surface area contributed by atoms with Crippen molar-refractivity contribution in [3.05, 3.63) is 22.9 Å². The highest BCUT2D eigenvalue weighted by Crippen LogP contribution is 2.20. The Kier molecular flexibility index (Phi) is 4.25. The van der Waals surface area contributed by atoms with Crippen LogP contribution >= 0.6 is 15.9 Å². The molecule has 0 amide bonds. The lowest BCUT2D eigenvalue weighted by Crippen LogP contribution is -2.50. The zero-order valence-electron chi connectivity index (χ0n) is 10.9. The SMILES string of the molecule is CC(C)(O)CN1CCN(c2cncc(Br)c2)CC1. The van der Waals surface area contributed by atoms with E-state index in [0.717, 1.165) is 42.9 Å². The molecule has 1 aliphatic heterocycles. The van der Waals surface area contributed by atoms with E-state index >= 15 is 0 Å². The Balaban J connectivity index is 1.91. The second-order valence-corrected chi connectivity index (χ2v) is 6.35. The van der Waals surface area contributed by atoms with Gasteiger partial charge in [-0.15, -0.1) is 0 Å². The number of hydrogen-bond donors (Lipinski definition) is 1. The van der Waals surface area contributed by atoms with Gasteiger partial charge in [-0.05, 0) is 35.8 Å². The Morgan fingerprint density at radius 2 is 1.94 bits per heavy atom. The molecule has 1 aliphatic rings. The molecular formula is C13H20BrN3O. The molecule has 5 heteroatoms. The van der Waals surface area contributed by atoms with Crippen molar-refractivity contribution < 1.29 is 5.11 Å². The third-order valence-corrected chi connectivity index (χ3v) is 3.47. The summed E-state index contributed by atoms with van der Waals surface area (Å²) in [5, 5.41) is 9.82. The zero-order chi connectivity index (χ0) is 13.2. The summed E-state index contributed by atoms with van der Waals surface area (Å²) in [6.07, 6.45) is 3.70. The molecule has 0 unspecified atom stereocenters. The van der Waals surface area contributed by atoms with Gasteiger partial charge in [-0.2, -0.15) is 0 Å². The molecule has 0 bridgehead atoms. The summed E-state index contributed by atoms with van der Waals surface area (Å²) >= 11 is 3.45. The number of pyridine rings is 1. The maximum Gasteiger partial charge on any atom is 0.0718 e. The standard InChI is InChI=1S/C13H20BrN3O/c1-13(2,18)10-16-3-5-17(6-4-16)12-7-11(14)8-15-9-12/h7-9,18H,3-6,10H2,1-2H3. The van der Waals surface area contributed by atoms with E-state index in [1.54, 1.807) is 6.20 Å². The van der Waals surface area contributed by atoms with Gasteiger partial charge in [0, 0.05) is 43.4 Å². The fourth-order valence-electron chi connectivity index (χ4n) is 2.28. The Bertz CT molecular complexity index is 397. The summed E-state index contributed by atoms with van der Waals surface area (Å²) < 4.78 is 1.01. The van der Waals surface area contributed by atoms with Crippen LogP contribution in [-0.4, -0.2) is 53.3 Å². The Labute approximate surface area is 117 Å². The molecule has 1 saturated heterocycles. The molecule has 4 nitrogen and oxygen atoms in total. The molecule has 0 radical (unpaired) electrons. The highest BCUT2D eigenvalue weighted by Gasteiger charge is 2.22. The summed E-state index contributed by atoms with van der Waals surface area (Å²) in [6, 6.07) is 2.10. The molecule has 100 valence electrons. The summed E-state index contributed by atoms with van der Waals surface area (Å²) in [4.78, 5) is 8.84. The summed E-state index contributed by atoms with van der Waals surface area (Å²) in [5.41, 5.74) is 0.548. The number of rotatable bonds is 3. The number of nitrogens with zero attached hydrogens (tertiary/aromatic N) is 3. The molecule has 18 heavy (non-hydrogen) atoms. The summed E-state index contributed by atoms with van der Waals surface area (Å²) in [5.74, 6) is 0. The quantitative estimate of drug-likeness (QED) is 0.922. The molecule has 1 N–H and O–H groups in total. The second-order valence-electron chi connectivity index (χ2n) is 5.44. The van der Waals surface area contributed by atoms with E-state index < -0.39 is 5.60 Å². The third-order valence-electron chi connectivity index (χ3n) is 3.04. The lowest BCUT2D eigenvalue weighted by atomic mass is 10.1. The molecule has 1 aromatic heterocycles. The van der Waals surface area contributed by atoms with E-state index in [2.05, 4.69) is 36.8 Å². The Morgan fingerprint density at radius 1 is 1.28 bits per heavy atom. The third kappa shape index (κ3) is 3.93. The number of anilines is 1. The van der Waals surface area contributed by atoms with E-state index in [9.17, 15) is 5.11 Å². The highest BCUT2D eigenvalue weighted by atomic mass is 79.9. The maximum absolute atomic E-state index is 9.82. The monoisotopic (exact) mass is 313 g/mol. The van der Waals surface area contributed by atoms with Crippen LogP contribution in [-0.2, 0) is 0 Å². The lowest BCUT2D eigenvalue weighted by Gasteiger charge is -2.38. The molecule has 2 rings (SSSR count). The molecule has 0 spiro atoms. The van der Waals surface area contributed by atoms with E-state index in [0.29, 0.717) is 0 Å². The van der Waals surface area contributed by atoms with Crippen molar-refractivity contribution in [3.8, 4) is 0 Å². The number of hydrogen-bond acceptors (Lipinski definition) is 4. The van der Waals surface area contributed by atoms with Crippen molar-refractivity contribution in [1.82, 2.24) is 9.88 Å². The lowest BCUT2D eigenvalue weighted by molar-refractivity contribution is 0.0345. The fraction of sp³-hybridized carbons (Fsp3) is 0.615. The van der Waals surface area contributed by atoms with Gasteiger partial charge in [0.05, 0.1) is 17.5 Å². The van der Waals surface area contributed by atoms with Crippen LogP contribution in [0.3, 0.4) is 0 Å². The number of piperazine rings is 1. The predicted octanol–water partition coefficient (Wildman–Crippen LogP) is 1.74. The smallest absolute Gasteiger partial charge is 0.0718 e. The minimum absolute atomic E-state index is 0.612. The van der Waals surface area contributed by atoms with Gasteiger partial charge in [0.1, 0.15) is 0 Å². The topological polar surface area (TPSA) is 39.6 Å². The number of β-amino-alcohol motifs (C(OH)–C–C–N with tert-alkyl or cyclic N) is 1. The van der Waals surface area contributed by atoms with E-state index in [1.165, 1.54) is 0 Å². The van der Waals surface area contributed by atoms with Crippen LogP contribution in [0.15, 0.2) is 22.9 Å². The van der Waals surface area contributed by atoms with Crippen LogP contribution in [0.5, 0.6) is 0 Å². The van der Waals surface area contributed by atoms with Gasteiger partial charge in [-0.25, -0.2) is 0 Å². The maximum atomic E-state index is 9.82. The van der Waals surface area contributed by atoms with Crippen LogP contribution < -0.4 is 4.90 Å². The average molecular weight is 314 g/mol. The fourth-order valence-corrected chi connectivity index (χ4v) is 2.64. The van der Waals surface area contributed by atoms with Crippen LogP contribution in [0.25, 0.3) is 0 Å². The van der Waals surface area contributed by atoms with Gasteiger partial charge >= 0.3 is 0 Å². The molecule has 0 saturated carbocycles. The van der Waals surface area contributed by atoms with Gasteiger partial charge in [-0.1, -0.05) is 0 Å². The average Bonchev–Trinajstić information content (AvgIpc) is 2.28. The van der Waals surface area contributed by atoms with Gasteiger partial charge in [-0.3, -0.25) is 9.88 Å². The van der Waals surface area contributed by atoms with Gasteiger partial charge in [0.25, 0.3) is 0 Å². The minimum Gasteiger partial charge on any atom is -0.389 e. The van der Waals surface area contributed by atoms with Crippen LogP contribution in [0.2, 0.25) is 0 Å². The second kappa shape index (κ2) is 5.55. The molecular weight excluding hydrogens is 294 g/mol. The first-order valence-electron chi connectivity index (χ1n) is 6.24. The Hall–Kier alpha value is -0.650. The molecule has 0 atom stereocenters. The van der Waals surface area contributed by atoms with Crippen LogP contribution in [0, 0.1) is 0 Å². The van der Waals surface area contributed by atoms with Gasteiger partial charge in [0.15, 0.2) is 0 Å². The van der Waals surface area contributed by atoms with Crippen molar-refractivity contribution in [2.75, 3.05) is 37.6 Å². The first-order valence-corrected chi connectivity index (χ1v) is 7.03. The highest BCUT2D eigenvalue weighted by molar-refractivity contribution is 9.10. The van der Waals surface area contributed by atoms with Crippen molar-refractivity contribution in [2.24, 2.45) is 0 Å². The summed E-state index contributed by atoms with van der Waals surface area (Å²) in [6.45, 7) is 8.38. The van der Waals surface area contributed by atoms with E-state index in [-0.39, 0.29) is 0 Å². The number of aliphatic hydroxyl groups is 1. The zero-order valence-corrected chi connectivity index (χ0v) is 12.5.